The molecule has 2 heterocycles. The van der Waals surface area contributed by atoms with Crippen molar-refractivity contribution >= 4 is 0 Å². The molecule has 0 aromatic heterocycles. The summed E-state index contributed by atoms with van der Waals surface area (Å²) in [4.78, 5) is 0. The van der Waals surface area contributed by atoms with Crippen LogP contribution in [0.4, 0.5) is 0 Å². The van der Waals surface area contributed by atoms with E-state index in [0.29, 0.717) is 84.6 Å². The third kappa shape index (κ3) is 3.18. The van der Waals surface area contributed by atoms with Crippen LogP contribution in [0, 0.1) is 71.0 Å². The summed E-state index contributed by atoms with van der Waals surface area (Å²) in [6.07, 6.45) is 12.0. The van der Waals surface area contributed by atoms with Crippen molar-refractivity contribution in [3.05, 3.63) is 71.8 Å². The van der Waals surface area contributed by atoms with Crippen LogP contribution < -0.4 is 18.9 Å². The number of benzene rings is 2. The molecule has 6 heteroatoms. The van der Waals surface area contributed by atoms with Gasteiger partial charge < -0.3 is 29.2 Å². The maximum absolute atomic E-state index is 10.6. The maximum atomic E-state index is 10.6. The predicted molar refractivity (Wildman–Crippen MR) is 147 cm³/mol. The smallest absolute Gasteiger partial charge is 0.231 e. The van der Waals surface area contributed by atoms with Crippen LogP contribution in [0.5, 0.6) is 23.0 Å². The Bertz CT molecular complexity index is 1400. The van der Waals surface area contributed by atoms with Gasteiger partial charge >= 0.3 is 0 Å². The average Bonchev–Trinajstić information content (AvgIpc) is 3.64. The van der Waals surface area contributed by atoms with Gasteiger partial charge in [-0.2, -0.15) is 0 Å². The average molecular weight is 541 g/mol. The van der Waals surface area contributed by atoms with E-state index in [9.17, 15) is 10.2 Å². The van der Waals surface area contributed by atoms with Gasteiger partial charge in [0.1, 0.15) is 0 Å². The van der Waals surface area contributed by atoms with Gasteiger partial charge in [-0.05, 0) is 119 Å². The molecule has 3 saturated carbocycles. The molecule has 2 aromatic carbocycles. The van der Waals surface area contributed by atoms with E-state index in [1.165, 1.54) is 11.1 Å². The van der Waals surface area contributed by atoms with Gasteiger partial charge in [-0.25, -0.2) is 0 Å². The van der Waals surface area contributed by atoms with Crippen LogP contribution in [-0.2, 0) is 12.8 Å². The first-order chi connectivity index (χ1) is 19.7. The van der Waals surface area contributed by atoms with Crippen LogP contribution in [0.15, 0.2) is 60.7 Å². The minimum absolute atomic E-state index is 0.249. The molecule has 208 valence electrons. The summed E-state index contributed by atoms with van der Waals surface area (Å²) in [6.45, 7) is 1.09. The standard InChI is InChI=1S/C34H36O6/c35-13-25-23(9-17-1-7-27-29(11-17)39-15-37-27)21-4-3-19-20-5-6-22(31(19)33(21)25)34-26(14-36)24(32(20)34)10-18-2-8-28-30(12-18)40-16-38-28/h1-8,11-12,19-26,31-36H,9-10,13-16H2/t19-,20+,21-,22-,23+,24-,25-,26-,31-,32-,33-,34+/m0/s1. The molecule has 8 aliphatic rings. The van der Waals surface area contributed by atoms with Crippen LogP contribution in [0.25, 0.3) is 0 Å². The largest absolute Gasteiger partial charge is 0.454 e. The Labute approximate surface area is 234 Å². The lowest BCUT2D eigenvalue weighted by atomic mass is 9.34. The van der Waals surface area contributed by atoms with Gasteiger partial charge in [0, 0.05) is 13.2 Å². The number of aliphatic hydroxyl groups is 2. The molecular weight excluding hydrogens is 504 g/mol. The molecule has 0 radical (unpaired) electrons. The van der Waals surface area contributed by atoms with Crippen LogP contribution in [0.2, 0.25) is 0 Å². The third-order valence-electron chi connectivity index (χ3n) is 12.0. The summed E-state index contributed by atoms with van der Waals surface area (Å²) in [5, 5.41) is 21.3. The molecule has 2 N–H and O–H groups in total. The molecule has 2 aliphatic heterocycles. The summed E-state index contributed by atoms with van der Waals surface area (Å²) in [5.41, 5.74) is 2.54. The summed E-state index contributed by atoms with van der Waals surface area (Å²) >= 11 is 0. The molecule has 12 atom stereocenters. The summed E-state index contributed by atoms with van der Waals surface area (Å²) < 4.78 is 22.3. The van der Waals surface area contributed by atoms with Crippen molar-refractivity contribution in [3.8, 4) is 23.0 Å². The summed E-state index contributed by atoms with van der Waals surface area (Å²) in [7, 11) is 0. The van der Waals surface area contributed by atoms with E-state index in [4.69, 9.17) is 18.9 Å². The van der Waals surface area contributed by atoms with E-state index in [0.717, 1.165) is 35.8 Å². The Morgan fingerprint density at radius 2 is 0.975 bits per heavy atom. The fourth-order valence-corrected chi connectivity index (χ4v) is 10.5. The molecule has 0 unspecified atom stereocenters. The first-order valence-electron chi connectivity index (χ1n) is 15.1. The number of hydrogen-bond acceptors (Lipinski definition) is 6. The lowest BCUT2D eigenvalue weighted by Crippen LogP contribution is -2.67. The molecule has 0 spiro atoms. The Balaban J connectivity index is 0.976. The third-order valence-corrected chi connectivity index (χ3v) is 12.0. The van der Waals surface area contributed by atoms with Crippen molar-refractivity contribution in [2.45, 2.75) is 12.8 Å². The highest BCUT2D eigenvalue weighted by molar-refractivity contribution is 5.46. The molecule has 10 rings (SSSR count). The number of rotatable bonds is 6. The van der Waals surface area contributed by atoms with Gasteiger partial charge in [-0.3, -0.25) is 0 Å². The number of fused-ring (bicyclic) bond motifs is 3. The van der Waals surface area contributed by atoms with Crippen molar-refractivity contribution in [1.29, 1.82) is 0 Å². The van der Waals surface area contributed by atoms with Crippen LogP contribution in [-0.4, -0.2) is 37.0 Å². The van der Waals surface area contributed by atoms with Crippen molar-refractivity contribution in [1.82, 2.24) is 0 Å². The molecule has 6 aliphatic carbocycles. The quantitative estimate of drug-likeness (QED) is 0.526. The lowest BCUT2D eigenvalue weighted by molar-refractivity contribution is -0.199. The van der Waals surface area contributed by atoms with E-state index >= 15 is 0 Å². The number of hydrogen-bond donors (Lipinski definition) is 2. The molecule has 3 fully saturated rings. The highest BCUT2D eigenvalue weighted by atomic mass is 16.7. The molecule has 6 nitrogen and oxygen atoms in total. The molecule has 40 heavy (non-hydrogen) atoms. The molecule has 2 aromatic rings. The van der Waals surface area contributed by atoms with E-state index in [2.05, 4.69) is 48.6 Å². The highest BCUT2D eigenvalue weighted by Crippen LogP contribution is 2.70. The Hall–Kier alpha value is -2.96. The Morgan fingerprint density at radius 3 is 1.62 bits per heavy atom. The van der Waals surface area contributed by atoms with Gasteiger partial charge in [-0.15, -0.1) is 0 Å². The van der Waals surface area contributed by atoms with Gasteiger partial charge in [0.05, 0.1) is 0 Å². The summed E-state index contributed by atoms with van der Waals surface area (Å²) in [6, 6.07) is 12.6. The topological polar surface area (TPSA) is 77.4 Å². The minimum atomic E-state index is 0.249. The zero-order valence-electron chi connectivity index (χ0n) is 22.5. The zero-order chi connectivity index (χ0) is 26.5. The van der Waals surface area contributed by atoms with Crippen LogP contribution in [0.3, 0.4) is 0 Å². The van der Waals surface area contributed by atoms with Crippen molar-refractivity contribution in [2.75, 3.05) is 26.8 Å². The van der Waals surface area contributed by atoms with Crippen LogP contribution >= 0.6 is 0 Å². The first kappa shape index (κ1) is 23.7. The normalized spacial score (nSPS) is 42.0. The van der Waals surface area contributed by atoms with Crippen molar-refractivity contribution in [2.24, 2.45) is 71.0 Å². The number of ether oxygens (including phenoxy) is 4. The second kappa shape index (κ2) is 8.77. The van der Waals surface area contributed by atoms with Crippen molar-refractivity contribution < 1.29 is 29.2 Å². The maximum Gasteiger partial charge on any atom is 0.231 e. The molecule has 2 bridgehead atoms. The second-order valence-electron chi connectivity index (χ2n) is 13.2. The minimum Gasteiger partial charge on any atom is -0.454 e. The molecule has 0 amide bonds. The Kier molecular flexibility index (Phi) is 5.20. The summed E-state index contributed by atoms with van der Waals surface area (Å²) in [5.74, 6) is 9.19. The molecular formula is C34H36O6. The van der Waals surface area contributed by atoms with Crippen LogP contribution in [0.1, 0.15) is 11.1 Å². The number of allylic oxidation sites excluding steroid dienone is 4. The van der Waals surface area contributed by atoms with E-state index in [-0.39, 0.29) is 13.2 Å². The fraction of sp³-hybridized carbons (Fsp3) is 0.529. The second-order valence-corrected chi connectivity index (χ2v) is 13.2. The van der Waals surface area contributed by atoms with Crippen molar-refractivity contribution in [3.63, 3.8) is 0 Å². The number of aliphatic hydroxyl groups excluding tert-OH is 2. The van der Waals surface area contributed by atoms with Gasteiger partial charge in [0.15, 0.2) is 23.0 Å². The predicted octanol–water partition coefficient (Wildman–Crippen LogP) is 4.49. The fourth-order valence-electron chi connectivity index (χ4n) is 10.5. The Morgan fingerprint density at radius 1 is 0.500 bits per heavy atom. The van der Waals surface area contributed by atoms with Gasteiger partial charge in [0.2, 0.25) is 13.6 Å². The zero-order valence-corrected chi connectivity index (χ0v) is 22.5. The molecule has 0 saturated heterocycles. The monoisotopic (exact) mass is 540 g/mol. The van der Waals surface area contributed by atoms with E-state index < -0.39 is 0 Å². The first-order valence-corrected chi connectivity index (χ1v) is 15.1. The van der Waals surface area contributed by atoms with E-state index in [1.54, 1.807) is 0 Å². The van der Waals surface area contributed by atoms with Gasteiger partial charge in [0.25, 0.3) is 0 Å². The van der Waals surface area contributed by atoms with Gasteiger partial charge in [-0.1, -0.05) is 36.4 Å². The SMILES string of the molecule is OC[C@H]1[C@H](Cc2ccc3c(c2)OCO3)[C@@H]2[C@@H]3C=C[C@@H]([C@@H]4[C@H]3C=C[C@H]3[C@@H](Cc5ccc6c(c5)OCO6)[C@H](CO)[C@H]34)[C@H]12. The lowest BCUT2D eigenvalue weighted by Gasteiger charge is -2.70. The van der Waals surface area contributed by atoms with E-state index in [1.807, 2.05) is 12.1 Å². The highest BCUT2D eigenvalue weighted by Gasteiger charge is 2.67.